The van der Waals surface area contributed by atoms with Gasteiger partial charge >= 0.3 is 152 Å². The molecule has 0 radical (unpaired) electrons. The number of benzene rings is 3. The van der Waals surface area contributed by atoms with E-state index in [0.717, 1.165) is 15.9 Å². The van der Waals surface area contributed by atoms with Gasteiger partial charge in [-0.15, -0.1) is 0 Å². The Morgan fingerprint density at radius 3 is 1.25 bits per heavy atom. The van der Waals surface area contributed by atoms with Crippen molar-refractivity contribution in [2.24, 2.45) is 0 Å². The van der Waals surface area contributed by atoms with E-state index in [-0.39, 0.29) is 0 Å². The van der Waals surface area contributed by atoms with Gasteiger partial charge < -0.3 is 0 Å². The van der Waals surface area contributed by atoms with Crippen LogP contribution in [0.15, 0.2) is 91.0 Å². The summed E-state index contributed by atoms with van der Waals surface area (Å²) in [5, 5.41) is 11.7. The molecule has 0 aliphatic carbocycles. The summed E-state index contributed by atoms with van der Waals surface area (Å²) < 4.78 is 0. The predicted molar refractivity (Wildman–Crippen MR) is 110 cm³/mol. The third-order valence-electron chi connectivity index (χ3n) is 4.71. The molecule has 1 nitrogen and oxygen atoms in total. The summed E-state index contributed by atoms with van der Waals surface area (Å²) in [7, 11) is 0. The van der Waals surface area contributed by atoms with Crippen LogP contribution in [0.4, 0.5) is 0 Å². The zero-order valence-corrected chi connectivity index (χ0v) is 16.2. The molecule has 1 N–H and O–H groups in total. The van der Waals surface area contributed by atoms with Crippen molar-refractivity contribution in [1.29, 1.82) is 0 Å². The van der Waals surface area contributed by atoms with Crippen LogP contribution in [0.2, 0.25) is 0 Å². The van der Waals surface area contributed by atoms with Crippen molar-refractivity contribution in [2.75, 3.05) is 0 Å². The second-order valence-electron chi connectivity index (χ2n) is 5.97. The molecule has 1 atom stereocenters. The number of aliphatic hydroxyl groups excluding tert-OH is 1. The van der Waals surface area contributed by atoms with Gasteiger partial charge in [0.2, 0.25) is 0 Å². The molecule has 0 heterocycles. The first kappa shape index (κ1) is 17.4. The van der Waals surface area contributed by atoms with Crippen molar-refractivity contribution in [2.45, 2.75) is 19.2 Å². The van der Waals surface area contributed by atoms with Crippen LogP contribution in [0.5, 0.6) is 0 Å². The Balaban J connectivity index is 2.48. The molecule has 3 rings (SSSR count). The molecule has 0 aromatic heterocycles. The third kappa shape index (κ3) is 2.45. The topological polar surface area (TPSA) is 20.2 Å². The van der Waals surface area contributed by atoms with E-state index in [1.165, 1.54) is 0 Å². The fraction of sp³-hybridized carbons (Fsp3) is 0.143. The van der Waals surface area contributed by atoms with Crippen LogP contribution < -0.4 is 15.9 Å². The fourth-order valence-electron chi connectivity index (χ4n) is 3.46. The van der Waals surface area contributed by atoms with Crippen molar-refractivity contribution in [3.8, 4) is 0 Å². The van der Waals surface area contributed by atoms with Crippen LogP contribution in [0.3, 0.4) is 0 Å². The average Bonchev–Trinajstić information content (AvgIpc) is 2.69. The zero-order chi connectivity index (χ0) is 17.1. The fourth-order valence-corrected chi connectivity index (χ4v) is 11.3. The monoisotopic (exact) mass is 400 g/mol. The standard InChI is InChI=1S/C21H22BrOP/c1-2-21(23)24(22,18-12-6-3-7-13-18,19-14-8-4-9-15-19)20-16-10-5-11-17-20/h3-17,21,23H,2H2,1H3. The molecule has 0 saturated carbocycles. The number of hydrogen-bond acceptors (Lipinski definition) is 1. The van der Waals surface area contributed by atoms with Crippen molar-refractivity contribution in [3.63, 3.8) is 0 Å². The van der Waals surface area contributed by atoms with Gasteiger partial charge in [0.1, 0.15) is 0 Å². The quantitative estimate of drug-likeness (QED) is 0.622. The molecule has 1 unspecified atom stereocenters. The van der Waals surface area contributed by atoms with Crippen molar-refractivity contribution in [1.82, 2.24) is 0 Å². The molecule has 0 saturated heterocycles. The van der Waals surface area contributed by atoms with Crippen LogP contribution in [0.1, 0.15) is 13.3 Å². The van der Waals surface area contributed by atoms with E-state index in [1.807, 2.05) is 61.5 Å². The summed E-state index contributed by atoms with van der Waals surface area (Å²) in [4.78, 5) is 0. The summed E-state index contributed by atoms with van der Waals surface area (Å²) in [6.07, 6.45) is 0.668. The van der Waals surface area contributed by atoms with E-state index in [4.69, 9.17) is 0 Å². The molecular formula is C21H22BrOP. The molecule has 0 aliphatic heterocycles. The van der Waals surface area contributed by atoms with Crippen LogP contribution >= 0.6 is 20.8 Å². The van der Waals surface area contributed by atoms with E-state index in [0.29, 0.717) is 6.42 Å². The molecular weight excluding hydrogens is 379 g/mol. The maximum absolute atomic E-state index is 11.4. The van der Waals surface area contributed by atoms with Crippen LogP contribution in [0, 0.1) is 0 Å². The zero-order valence-electron chi connectivity index (χ0n) is 13.7. The van der Waals surface area contributed by atoms with E-state index < -0.39 is 11.2 Å². The first-order chi connectivity index (χ1) is 11.6. The van der Waals surface area contributed by atoms with Gasteiger partial charge in [-0.05, 0) is 0 Å². The molecule has 0 aliphatic rings. The van der Waals surface area contributed by atoms with Gasteiger partial charge in [-0.25, -0.2) is 0 Å². The molecule has 3 heteroatoms. The number of hydrogen-bond donors (Lipinski definition) is 1. The van der Waals surface area contributed by atoms with Gasteiger partial charge in [-0.2, -0.15) is 0 Å². The minimum atomic E-state index is -3.17. The van der Waals surface area contributed by atoms with E-state index in [1.54, 1.807) is 0 Å². The third-order valence-corrected chi connectivity index (χ3v) is 15.2. The summed E-state index contributed by atoms with van der Waals surface area (Å²) in [5.74, 6) is -0.511. The maximum atomic E-state index is 11.4. The number of aliphatic hydroxyl groups is 1. The van der Waals surface area contributed by atoms with E-state index in [2.05, 4.69) is 51.9 Å². The van der Waals surface area contributed by atoms with Gasteiger partial charge in [-0.3, -0.25) is 0 Å². The van der Waals surface area contributed by atoms with Gasteiger partial charge in [0.05, 0.1) is 0 Å². The second kappa shape index (κ2) is 6.80. The Morgan fingerprint density at radius 1 is 0.708 bits per heavy atom. The molecule has 24 heavy (non-hydrogen) atoms. The number of halogens is 1. The predicted octanol–water partition coefficient (Wildman–Crippen LogP) is 4.55. The molecule has 124 valence electrons. The Bertz CT molecular complexity index is 690. The van der Waals surface area contributed by atoms with Crippen molar-refractivity contribution < 1.29 is 5.11 Å². The van der Waals surface area contributed by atoms with E-state index >= 15 is 0 Å². The summed E-state index contributed by atoms with van der Waals surface area (Å²) in [5.41, 5.74) is 0. The first-order valence-corrected chi connectivity index (χ1v) is 12.5. The molecule has 0 amide bonds. The summed E-state index contributed by atoms with van der Waals surface area (Å²) in [6, 6.07) is 31.1. The Hall–Kier alpha value is -1.47. The van der Waals surface area contributed by atoms with Crippen molar-refractivity contribution in [3.05, 3.63) is 91.0 Å². The van der Waals surface area contributed by atoms with E-state index in [9.17, 15) is 5.11 Å². The average molecular weight is 401 g/mol. The molecule has 0 spiro atoms. The van der Waals surface area contributed by atoms with Gasteiger partial charge in [-0.1, -0.05) is 0 Å². The van der Waals surface area contributed by atoms with Crippen LogP contribution in [-0.4, -0.2) is 11.0 Å². The molecule has 0 bridgehead atoms. The summed E-state index contributed by atoms with van der Waals surface area (Å²) >= 11 is 4.22. The Morgan fingerprint density at radius 2 is 1.00 bits per heavy atom. The molecule has 3 aromatic rings. The molecule has 3 aromatic carbocycles. The van der Waals surface area contributed by atoms with Gasteiger partial charge in [0, 0.05) is 0 Å². The normalized spacial score (nSPS) is 14.5. The minimum absolute atomic E-state index is 0.511. The van der Waals surface area contributed by atoms with Crippen LogP contribution in [0.25, 0.3) is 0 Å². The Kier molecular flexibility index (Phi) is 4.92. The second-order valence-corrected chi connectivity index (χ2v) is 14.7. The SMILES string of the molecule is CCC(O)P(Br)(c1ccccc1)(c1ccccc1)c1ccccc1. The molecule has 0 fully saturated rings. The van der Waals surface area contributed by atoms with Gasteiger partial charge in [0.15, 0.2) is 0 Å². The Labute approximate surface area is 152 Å². The summed E-state index contributed by atoms with van der Waals surface area (Å²) in [6.45, 7) is 2.04. The number of rotatable bonds is 5. The van der Waals surface area contributed by atoms with Crippen molar-refractivity contribution >= 4 is 36.7 Å². The van der Waals surface area contributed by atoms with Crippen LogP contribution in [-0.2, 0) is 0 Å². The first-order valence-electron chi connectivity index (χ1n) is 8.20. The van der Waals surface area contributed by atoms with Gasteiger partial charge in [0.25, 0.3) is 0 Å².